The molecule has 0 heterocycles. The SMILES string of the molecule is C#CCCOC(=O)NS(=O)(=O)c1ccc(C)cc1. The highest BCUT2D eigenvalue weighted by Crippen LogP contribution is 2.09. The van der Waals surface area contributed by atoms with Crippen LogP contribution in [0.3, 0.4) is 0 Å². The number of carbonyl (C=O) groups excluding carboxylic acids is 1. The predicted molar refractivity (Wildman–Crippen MR) is 66.3 cm³/mol. The lowest BCUT2D eigenvalue weighted by Gasteiger charge is -2.07. The Morgan fingerprint density at radius 2 is 2.00 bits per heavy atom. The number of nitrogens with one attached hydrogen (secondary N) is 1. The Bertz CT molecular complexity index is 555. The van der Waals surface area contributed by atoms with Crippen molar-refractivity contribution in [3.63, 3.8) is 0 Å². The van der Waals surface area contributed by atoms with Crippen molar-refractivity contribution in [2.75, 3.05) is 6.61 Å². The normalized spacial score (nSPS) is 10.4. The monoisotopic (exact) mass is 267 g/mol. The first-order valence-electron chi connectivity index (χ1n) is 5.15. The number of ether oxygens (including phenoxy) is 1. The van der Waals surface area contributed by atoms with Gasteiger partial charge in [-0.2, -0.15) is 0 Å². The van der Waals surface area contributed by atoms with Gasteiger partial charge in [0.05, 0.1) is 4.90 Å². The van der Waals surface area contributed by atoms with Gasteiger partial charge in [-0.3, -0.25) is 0 Å². The van der Waals surface area contributed by atoms with Gasteiger partial charge in [-0.1, -0.05) is 17.7 Å². The number of carbonyl (C=O) groups is 1. The Morgan fingerprint density at radius 1 is 1.39 bits per heavy atom. The summed E-state index contributed by atoms with van der Waals surface area (Å²) < 4.78 is 29.9. The second-order valence-corrected chi connectivity index (χ2v) is 5.19. The summed E-state index contributed by atoms with van der Waals surface area (Å²) in [7, 11) is -3.89. The number of rotatable bonds is 4. The third-order valence-corrected chi connectivity index (χ3v) is 3.36. The van der Waals surface area contributed by atoms with Crippen LogP contribution in [0.2, 0.25) is 0 Å². The van der Waals surface area contributed by atoms with E-state index in [1.165, 1.54) is 12.1 Å². The van der Waals surface area contributed by atoms with E-state index in [0.717, 1.165) is 5.56 Å². The zero-order valence-corrected chi connectivity index (χ0v) is 10.7. The molecule has 96 valence electrons. The van der Waals surface area contributed by atoms with E-state index in [0.29, 0.717) is 0 Å². The van der Waals surface area contributed by atoms with Gasteiger partial charge in [0.15, 0.2) is 0 Å². The molecule has 0 spiro atoms. The van der Waals surface area contributed by atoms with Crippen LogP contribution in [0.1, 0.15) is 12.0 Å². The van der Waals surface area contributed by atoms with Gasteiger partial charge in [-0.05, 0) is 19.1 Å². The van der Waals surface area contributed by atoms with E-state index in [2.05, 4.69) is 10.7 Å². The van der Waals surface area contributed by atoms with E-state index in [1.807, 2.05) is 6.92 Å². The molecule has 0 saturated heterocycles. The molecule has 0 aliphatic carbocycles. The molecule has 0 aliphatic rings. The van der Waals surface area contributed by atoms with E-state index in [4.69, 9.17) is 6.42 Å². The van der Waals surface area contributed by atoms with Gasteiger partial charge >= 0.3 is 6.09 Å². The topological polar surface area (TPSA) is 72.5 Å². The molecule has 5 nitrogen and oxygen atoms in total. The fourth-order valence-corrected chi connectivity index (χ4v) is 2.01. The lowest BCUT2D eigenvalue weighted by atomic mass is 10.2. The van der Waals surface area contributed by atoms with Crippen LogP contribution in [0.4, 0.5) is 4.79 Å². The fourth-order valence-electron chi connectivity index (χ4n) is 1.12. The van der Waals surface area contributed by atoms with Gasteiger partial charge in [0.25, 0.3) is 10.0 Å². The summed E-state index contributed by atoms with van der Waals surface area (Å²) in [6, 6.07) is 6.09. The molecule has 1 aromatic rings. The van der Waals surface area contributed by atoms with Gasteiger partial charge in [0, 0.05) is 6.42 Å². The first kappa shape index (κ1) is 14.1. The van der Waals surface area contributed by atoms with Crippen LogP contribution in [0.5, 0.6) is 0 Å². The summed E-state index contributed by atoms with van der Waals surface area (Å²) in [4.78, 5) is 11.2. The summed E-state index contributed by atoms with van der Waals surface area (Å²) in [6.07, 6.45) is 4.17. The standard InChI is InChI=1S/C12H13NO4S/c1-3-4-9-17-12(14)13-18(15,16)11-7-5-10(2)6-8-11/h1,5-8H,4,9H2,2H3,(H,13,14). The summed E-state index contributed by atoms with van der Waals surface area (Å²) in [6.45, 7) is 1.81. The van der Waals surface area contributed by atoms with Crippen molar-refractivity contribution in [1.29, 1.82) is 0 Å². The van der Waals surface area contributed by atoms with E-state index in [-0.39, 0.29) is 17.9 Å². The first-order valence-corrected chi connectivity index (χ1v) is 6.64. The molecule has 0 radical (unpaired) electrons. The zero-order valence-electron chi connectivity index (χ0n) is 9.84. The molecule has 0 aliphatic heterocycles. The maximum atomic E-state index is 11.7. The van der Waals surface area contributed by atoms with Crippen LogP contribution >= 0.6 is 0 Å². The smallest absolute Gasteiger partial charge is 0.421 e. The van der Waals surface area contributed by atoms with Crippen molar-refractivity contribution in [1.82, 2.24) is 4.72 Å². The molecule has 1 amide bonds. The maximum Gasteiger partial charge on any atom is 0.421 e. The highest BCUT2D eigenvalue weighted by Gasteiger charge is 2.17. The molecule has 1 aromatic carbocycles. The van der Waals surface area contributed by atoms with Crippen molar-refractivity contribution >= 4 is 16.1 Å². The van der Waals surface area contributed by atoms with E-state index < -0.39 is 16.1 Å². The number of sulfonamides is 1. The van der Waals surface area contributed by atoms with Gasteiger partial charge < -0.3 is 4.74 Å². The number of terminal acetylenes is 1. The van der Waals surface area contributed by atoms with Crippen molar-refractivity contribution in [3.8, 4) is 12.3 Å². The fraction of sp³-hybridized carbons (Fsp3) is 0.250. The Morgan fingerprint density at radius 3 is 2.56 bits per heavy atom. The molecule has 0 bridgehead atoms. The minimum absolute atomic E-state index is 0.00185. The van der Waals surface area contributed by atoms with Crippen molar-refractivity contribution in [2.45, 2.75) is 18.2 Å². The Balaban J connectivity index is 2.68. The Kier molecular flexibility index (Phi) is 4.75. The van der Waals surface area contributed by atoms with Crippen LogP contribution in [-0.4, -0.2) is 21.1 Å². The third kappa shape index (κ3) is 4.11. The average Bonchev–Trinajstić information content (AvgIpc) is 2.29. The minimum Gasteiger partial charge on any atom is -0.448 e. The van der Waals surface area contributed by atoms with Gasteiger partial charge in [0.1, 0.15) is 6.61 Å². The van der Waals surface area contributed by atoms with Crippen molar-refractivity contribution in [3.05, 3.63) is 29.8 Å². The lowest BCUT2D eigenvalue weighted by Crippen LogP contribution is -2.31. The van der Waals surface area contributed by atoms with E-state index in [1.54, 1.807) is 16.9 Å². The van der Waals surface area contributed by atoms with Crippen LogP contribution in [0.25, 0.3) is 0 Å². The highest BCUT2D eigenvalue weighted by molar-refractivity contribution is 7.90. The highest BCUT2D eigenvalue weighted by atomic mass is 32.2. The Hall–Kier alpha value is -2.00. The van der Waals surface area contributed by atoms with Crippen LogP contribution in [-0.2, 0) is 14.8 Å². The van der Waals surface area contributed by atoms with E-state index in [9.17, 15) is 13.2 Å². The second kappa shape index (κ2) is 6.07. The number of aryl methyl sites for hydroxylation is 1. The van der Waals surface area contributed by atoms with Crippen LogP contribution in [0.15, 0.2) is 29.2 Å². The maximum absolute atomic E-state index is 11.7. The molecule has 1 N–H and O–H groups in total. The first-order chi connectivity index (χ1) is 8.45. The molecule has 0 unspecified atom stereocenters. The quantitative estimate of drug-likeness (QED) is 0.661. The predicted octanol–water partition coefficient (Wildman–Crippen LogP) is 1.43. The van der Waals surface area contributed by atoms with Gasteiger partial charge in [0.2, 0.25) is 0 Å². The average molecular weight is 267 g/mol. The largest absolute Gasteiger partial charge is 0.448 e. The third-order valence-electron chi connectivity index (χ3n) is 2.03. The van der Waals surface area contributed by atoms with Crippen molar-refractivity contribution < 1.29 is 17.9 Å². The van der Waals surface area contributed by atoms with Crippen molar-refractivity contribution in [2.24, 2.45) is 0 Å². The van der Waals surface area contributed by atoms with Gasteiger partial charge in [-0.15, -0.1) is 12.3 Å². The molecule has 0 saturated carbocycles. The number of amides is 1. The second-order valence-electron chi connectivity index (χ2n) is 3.51. The van der Waals surface area contributed by atoms with Gasteiger partial charge in [-0.25, -0.2) is 17.9 Å². The zero-order chi connectivity index (χ0) is 13.6. The number of hydrogen-bond donors (Lipinski definition) is 1. The number of hydrogen-bond acceptors (Lipinski definition) is 4. The molecule has 0 fully saturated rings. The summed E-state index contributed by atoms with van der Waals surface area (Å²) in [5.74, 6) is 2.27. The summed E-state index contributed by atoms with van der Waals surface area (Å²) >= 11 is 0. The Labute approximate surface area is 106 Å². The summed E-state index contributed by atoms with van der Waals surface area (Å²) in [5.41, 5.74) is 0.922. The minimum atomic E-state index is -3.89. The molecule has 1 rings (SSSR count). The van der Waals surface area contributed by atoms with Crippen LogP contribution < -0.4 is 4.72 Å². The molecule has 0 atom stereocenters. The lowest BCUT2D eigenvalue weighted by molar-refractivity contribution is 0.155. The molecule has 0 aromatic heterocycles. The van der Waals surface area contributed by atoms with E-state index >= 15 is 0 Å². The molecular formula is C12H13NO4S. The van der Waals surface area contributed by atoms with Crippen LogP contribution in [0, 0.1) is 19.3 Å². The summed E-state index contributed by atoms with van der Waals surface area (Å²) in [5, 5.41) is 0. The molecule has 18 heavy (non-hydrogen) atoms. The molecule has 6 heteroatoms. The molecular weight excluding hydrogens is 254 g/mol. The number of benzene rings is 1.